The van der Waals surface area contributed by atoms with Crippen LogP contribution in [-0.4, -0.2) is 9.19 Å². The van der Waals surface area contributed by atoms with Gasteiger partial charge in [-0.3, -0.25) is 9.17 Å². The quantitative estimate of drug-likeness (QED) is 0.631. The zero-order chi connectivity index (χ0) is 20.0. The number of hydrogen-bond donors (Lipinski definition) is 1. The summed E-state index contributed by atoms with van der Waals surface area (Å²) in [5.74, 6) is 1.25. The molecule has 5 heteroatoms. The number of benzene rings is 1. The van der Waals surface area contributed by atoms with Gasteiger partial charge in [-0.15, -0.1) is 0 Å². The first-order valence-electron chi connectivity index (χ1n) is 9.63. The Labute approximate surface area is 166 Å². The molecule has 0 saturated heterocycles. The minimum atomic E-state index is -1.55. The smallest absolute Gasteiger partial charge is 0.235 e. The molecule has 0 aliphatic carbocycles. The maximum Gasteiger partial charge on any atom is 0.235 e. The van der Waals surface area contributed by atoms with Crippen LogP contribution < -0.4 is 4.72 Å². The molecule has 1 N–H and O–H groups in total. The Morgan fingerprint density at radius 2 is 1.52 bits per heavy atom. The summed E-state index contributed by atoms with van der Waals surface area (Å²) in [6.45, 7) is 14.1. The predicted molar refractivity (Wildman–Crippen MR) is 113 cm³/mol. The Morgan fingerprint density at radius 1 is 0.963 bits per heavy atom. The molecular weight excluding hydrogens is 356 g/mol. The lowest BCUT2D eigenvalue weighted by molar-refractivity contribution is 0.327. The SMILES string of the molecule is CC(C)c1cc(C(C)C)c(COS(=O)NCc2ccncc2)c(C(C)C)c1. The molecule has 1 aromatic carbocycles. The predicted octanol–water partition coefficient (Wildman–Crippen LogP) is 5.34. The van der Waals surface area contributed by atoms with Crippen LogP contribution in [0.2, 0.25) is 0 Å². The zero-order valence-corrected chi connectivity index (χ0v) is 18.1. The van der Waals surface area contributed by atoms with Gasteiger partial charge in [0.15, 0.2) is 0 Å². The molecule has 0 radical (unpaired) electrons. The Balaban J connectivity index is 2.15. The first-order chi connectivity index (χ1) is 12.8. The second-order valence-electron chi connectivity index (χ2n) is 7.82. The number of aromatic nitrogens is 1. The van der Waals surface area contributed by atoms with Gasteiger partial charge in [-0.2, -0.15) is 0 Å². The van der Waals surface area contributed by atoms with E-state index in [1.54, 1.807) is 12.4 Å². The fourth-order valence-electron chi connectivity index (χ4n) is 3.07. The molecule has 4 nitrogen and oxygen atoms in total. The van der Waals surface area contributed by atoms with Crippen molar-refractivity contribution in [2.24, 2.45) is 0 Å². The average molecular weight is 389 g/mol. The average Bonchev–Trinajstić information content (AvgIpc) is 2.64. The van der Waals surface area contributed by atoms with E-state index in [2.05, 4.69) is 63.4 Å². The molecular formula is C22H32N2O2S. The van der Waals surface area contributed by atoms with Gasteiger partial charge in [0.25, 0.3) is 0 Å². The van der Waals surface area contributed by atoms with E-state index in [1.807, 2.05) is 12.1 Å². The van der Waals surface area contributed by atoms with Crippen molar-refractivity contribution in [1.82, 2.24) is 9.71 Å². The summed E-state index contributed by atoms with van der Waals surface area (Å²) in [7, 11) is 0. The van der Waals surface area contributed by atoms with Crippen molar-refractivity contribution in [2.45, 2.75) is 72.4 Å². The van der Waals surface area contributed by atoms with Crippen molar-refractivity contribution < 1.29 is 8.39 Å². The molecule has 1 atom stereocenters. The number of rotatable bonds is 9. The summed E-state index contributed by atoms with van der Waals surface area (Å²) in [6, 6.07) is 8.35. The lowest BCUT2D eigenvalue weighted by Crippen LogP contribution is -2.19. The molecule has 0 fully saturated rings. The van der Waals surface area contributed by atoms with Crippen molar-refractivity contribution in [2.75, 3.05) is 0 Å². The lowest BCUT2D eigenvalue weighted by atomic mass is 9.85. The monoisotopic (exact) mass is 388 g/mol. The highest BCUT2D eigenvalue weighted by Gasteiger charge is 2.18. The molecule has 2 aromatic rings. The molecule has 1 aromatic heterocycles. The minimum Gasteiger partial charge on any atom is -0.273 e. The second kappa shape index (κ2) is 10.1. The molecule has 1 unspecified atom stereocenters. The van der Waals surface area contributed by atoms with E-state index < -0.39 is 11.3 Å². The van der Waals surface area contributed by atoms with Gasteiger partial charge in [0.2, 0.25) is 11.3 Å². The first kappa shape index (κ1) is 21.7. The highest BCUT2D eigenvalue weighted by Crippen LogP contribution is 2.32. The van der Waals surface area contributed by atoms with Crippen LogP contribution in [0.4, 0.5) is 0 Å². The van der Waals surface area contributed by atoms with Crippen LogP contribution in [0.15, 0.2) is 36.7 Å². The summed E-state index contributed by atoms with van der Waals surface area (Å²) < 4.78 is 20.9. The standard InChI is InChI=1S/C22H32N2O2S/c1-15(2)19-11-20(16(3)4)22(21(12-19)17(5)6)14-26-27(25)24-13-18-7-9-23-10-8-18/h7-12,15-17,24H,13-14H2,1-6H3. The molecule has 2 rings (SSSR count). The summed E-state index contributed by atoms with van der Waals surface area (Å²) in [4.78, 5) is 3.99. The minimum absolute atomic E-state index is 0.343. The van der Waals surface area contributed by atoms with E-state index in [0.29, 0.717) is 30.9 Å². The number of nitrogens with one attached hydrogen (secondary N) is 1. The molecule has 0 bridgehead atoms. The van der Waals surface area contributed by atoms with Crippen LogP contribution in [0.5, 0.6) is 0 Å². The maximum atomic E-state index is 12.3. The van der Waals surface area contributed by atoms with Gasteiger partial charge >= 0.3 is 0 Å². The highest BCUT2D eigenvalue weighted by atomic mass is 32.2. The van der Waals surface area contributed by atoms with Crippen LogP contribution in [0.1, 0.15) is 87.1 Å². The fourth-order valence-corrected chi connectivity index (χ4v) is 3.66. The molecule has 0 aliphatic rings. The lowest BCUT2D eigenvalue weighted by Gasteiger charge is -2.22. The van der Waals surface area contributed by atoms with E-state index in [4.69, 9.17) is 4.18 Å². The Morgan fingerprint density at radius 3 is 2.00 bits per heavy atom. The van der Waals surface area contributed by atoms with Crippen molar-refractivity contribution in [1.29, 1.82) is 0 Å². The summed E-state index contributed by atoms with van der Waals surface area (Å²) in [6.07, 6.45) is 3.45. The van der Waals surface area contributed by atoms with Crippen molar-refractivity contribution in [3.8, 4) is 0 Å². The van der Waals surface area contributed by atoms with Gasteiger partial charge in [0.1, 0.15) is 0 Å². The van der Waals surface area contributed by atoms with Crippen LogP contribution in [0, 0.1) is 0 Å². The normalized spacial score (nSPS) is 12.9. The summed E-state index contributed by atoms with van der Waals surface area (Å²) in [5.41, 5.74) is 6.12. The fraction of sp³-hybridized carbons (Fsp3) is 0.500. The molecule has 0 spiro atoms. The van der Waals surface area contributed by atoms with E-state index in [-0.39, 0.29) is 0 Å². The molecule has 0 saturated carbocycles. The second-order valence-corrected chi connectivity index (χ2v) is 8.81. The van der Waals surface area contributed by atoms with Gasteiger partial charge < -0.3 is 0 Å². The molecule has 27 heavy (non-hydrogen) atoms. The maximum absolute atomic E-state index is 12.3. The van der Waals surface area contributed by atoms with E-state index in [9.17, 15) is 4.21 Å². The van der Waals surface area contributed by atoms with Gasteiger partial charge in [-0.25, -0.2) is 8.93 Å². The van der Waals surface area contributed by atoms with Gasteiger partial charge in [-0.05, 0) is 57.7 Å². The third-order valence-electron chi connectivity index (χ3n) is 4.71. The topological polar surface area (TPSA) is 51.2 Å². The van der Waals surface area contributed by atoms with Crippen LogP contribution >= 0.6 is 0 Å². The number of pyridine rings is 1. The van der Waals surface area contributed by atoms with Crippen molar-refractivity contribution in [3.05, 3.63) is 64.5 Å². The third-order valence-corrected chi connectivity index (χ3v) is 5.42. The van der Waals surface area contributed by atoms with Gasteiger partial charge in [-0.1, -0.05) is 53.7 Å². The van der Waals surface area contributed by atoms with Crippen molar-refractivity contribution >= 4 is 11.3 Å². The number of hydrogen-bond acceptors (Lipinski definition) is 3. The summed E-state index contributed by atoms with van der Waals surface area (Å²) >= 11 is -1.55. The Hall–Kier alpha value is -1.56. The van der Waals surface area contributed by atoms with Crippen molar-refractivity contribution in [3.63, 3.8) is 0 Å². The first-order valence-corrected chi connectivity index (χ1v) is 10.7. The zero-order valence-electron chi connectivity index (χ0n) is 17.3. The van der Waals surface area contributed by atoms with Gasteiger partial charge in [0, 0.05) is 18.9 Å². The molecule has 0 aliphatic heterocycles. The van der Waals surface area contributed by atoms with Gasteiger partial charge in [0.05, 0.1) is 6.61 Å². The van der Waals surface area contributed by atoms with E-state index in [1.165, 1.54) is 22.3 Å². The molecule has 1 heterocycles. The van der Waals surface area contributed by atoms with Crippen LogP contribution in [0.25, 0.3) is 0 Å². The Kier molecular flexibility index (Phi) is 8.14. The number of nitrogens with zero attached hydrogens (tertiary/aromatic N) is 1. The van der Waals surface area contributed by atoms with E-state index >= 15 is 0 Å². The highest BCUT2D eigenvalue weighted by molar-refractivity contribution is 7.78. The Bertz CT molecular complexity index is 729. The third kappa shape index (κ3) is 6.23. The summed E-state index contributed by atoms with van der Waals surface area (Å²) in [5, 5.41) is 0. The van der Waals surface area contributed by atoms with E-state index in [0.717, 1.165) is 5.56 Å². The molecule has 0 amide bonds. The molecule has 148 valence electrons. The van der Waals surface area contributed by atoms with Crippen LogP contribution in [-0.2, 0) is 28.6 Å². The largest absolute Gasteiger partial charge is 0.273 e. The van der Waals surface area contributed by atoms with Crippen LogP contribution in [0.3, 0.4) is 0 Å².